The zero-order valence-electron chi connectivity index (χ0n) is 19.1. The minimum Gasteiger partial charge on any atom is -0.480 e. The summed E-state index contributed by atoms with van der Waals surface area (Å²) in [6, 6.07) is 10.5. The van der Waals surface area contributed by atoms with E-state index in [1.165, 1.54) is 17.7 Å². The number of nitrogens with zero attached hydrogens (tertiary/aromatic N) is 2. The van der Waals surface area contributed by atoms with E-state index in [9.17, 15) is 19.1 Å². The molecule has 0 fully saturated rings. The topological polar surface area (TPSA) is 104 Å². The second-order valence-electron chi connectivity index (χ2n) is 8.52. The van der Waals surface area contributed by atoms with Crippen LogP contribution in [0.3, 0.4) is 0 Å². The number of hydrogen-bond acceptors (Lipinski definition) is 5. The summed E-state index contributed by atoms with van der Waals surface area (Å²) in [5.41, 5.74) is 3.47. The van der Waals surface area contributed by atoms with Gasteiger partial charge in [0.05, 0.1) is 10.6 Å². The van der Waals surface area contributed by atoms with Gasteiger partial charge in [0.1, 0.15) is 17.7 Å². The van der Waals surface area contributed by atoms with Crippen LogP contribution in [0.25, 0.3) is 0 Å². The first-order valence-electron chi connectivity index (χ1n) is 11.5. The summed E-state index contributed by atoms with van der Waals surface area (Å²) in [7, 11) is 0. The molecule has 0 radical (unpaired) electrons. The number of carboxylic acids is 1. The third-order valence-electron chi connectivity index (χ3n) is 5.94. The zero-order chi connectivity index (χ0) is 24.8. The summed E-state index contributed by atoms with van der Waals surface area (Å²) in [5, 5.41) is 15.2. The predicted octanol–water partition coefficient (Wildman–Crippen LogP) is 4.23. The monoisotopic (exact) mass is 496 g/mol. The largest absolute Gasteiger partial charge is 0.480 e. The third-order valence-corrected chi connectivity index (χ3v) is 6.25. The number of amides is 1. The zero-order valence-corrected chi connectivity index (χ0v) is 19.8. The van der Waals surface area contributed by atoms with Gasteiger partial charge in [-0.15, -0.1) is 0 Å². The van der Waals surface area contributed by atoms with Gasteiger partial charge in [-0.2, -0.15) is 0 Å². The molecule has 0 saturated carbocycles. The fraction of sp³-hybridized carbons (Fsp3) is 0.308. The Kier molecular flexibility index (Phi) is 7.92. The molecule has 3 N–H and O–H groups in total. The second kappa shape index (κ2) is 11.3. The molecule has 3 aromatic rings. The molecular formula is C26H26ClFN4O3. The molecule has 2 aromatic heterocycles. The van der Waals surface area contributed by atoms with Crippen LogP contribution in [-0.2, 0) is 30.5 Å². The normalized spacial score (nSPS) is 13.4. The molecule has 0 unspecified atom stereocenters. The molecule has 3 heterocycles. The van der Waals surface area contributed by atoms with Crippen molar-refractivity contribution in [1.82, 2.24) is 15.3 Å². The van der Waals surface area contributed by atoms with Crippen LogP contribution in [0, 0.1) is 5.82 Å². The number of anilines is 1. The van der Waals surface area contributed by atoms with E-state index in [0.29, 0.717) is 5.56 Å². The number of carbonyl (C=O) groups is 2. The molecule has 182 valence electrons. The van der Waals surface area contributed by atoms with Crippen molar-refractivity contribution < 1.29 is 19.1 Å². The van der Waals surface area contributed by atoms with Crippen molar-refractivity contribution in [2.24, 2.45) is 0 Å². The maximum Gasteiger partial charge on any atom is 0.326 e. The summed E-state index contributed by atoms with van der Waals surface area (Å²) in [6.07, 6.45) is 6.29. The van der Waals surface area contributed by atoms with Crippen molar-refractivity contribution in [1.29, 1.82) is 0 Å². The van der Waals surface area contributed by atoms with Gasteiger partial charge >= 0.3 is 5.97 Å². The van der Waals surface area contributed by atoms with Gasteiger partial charge in [-0.1, -0.05) is 29.8 Å². The molecule has 9 heteroatoms. The van der Waals surface area contributed by atoms with E-state index in [2.05, 4.69) is 27.8 Å². The molecule has 0 spiro atoms. The van der Waals surface area contributed by atoms with E-state index < -0.39 is 23.7 Å². The Balaban J connectivity index is 1.31. The number of aromatic nitrogens is 2. The highest BCUT2D eigenvalue weighted by Crippen LogP contribution is 2.21. The Labute approximate surface area is 207 Å². The number of benzene rings is 1. The Morgan fingerprint density at radius 2 is 1.94 bits per heavy atom. The number of fused-ring (bicyclic) bond motifs is 1. The molecule has 0 saturated heterocycles. The number of aryl methyl sites for hydroxylation is 3. The lowest BCUT2D eigenvalue weighted by molar-refractivity contribution is -0.139. The van der Waals surface area contributed by atoms with Gasteiger partial charge in [0.15, 0.2) is 0 Å². The second-order valence-corrected chi connectivity index (χ2v) is 8.92. The highest BCUT2D eigenvalue weighted by atomic mass is 35.5. The van der Waals surface area contributed by atoms with Crippen molar-refractivity contribution in [2.45, 2.75) is 44.6 Å². The number of rotatable bonds is 9. The molecule has 1 aromatic carbocycles. The molecule has 4 rings (SSSR count). The number of aliphatic carboxylic acids is 1. The first kappa shape index (κ1) is 24.6. The van der Waals surface area contributed by atoms with Gasteiger partial charge in [-0.25, -0.2) is 14.2 Å². The highest BCUT2D eigenvalue weighted by Gasteiger charge is 2.24. The number of nitrogens with one attached hydrogen (secondary N) is 2. The van der Waals surface area contributed by atoms with Crippen LogP contribution in [-0.4, -0.2) is 39.5 Å². The average Bonchev–Trinajstić information content (AvgIpc) is 2.84. The summed E-state index contributed by atoms with van der Waals surface area (Å²) in [4.78, 5) is 33.3. The Hall–Kier alpha value is -3.52. The van der Waals surface area contributed by atoms with Crippen molar-refractivity contribution in [2.75, 3.05) is 11.9 Å². The summed E-state index contributed by atoms with van der Waals surface area (Å²) < 4.78 is 14.0. The fourth-order valence-electron chi connectivity index (χ4n) is 4.06. The standard InChI is InChI=1S/C26H26ClFN4O3/c27-20-7-2-8-21(28)23(20)25(33)32-22(26(34)35)14-16-9-11-18(30-15-16)5-1-6-19-12-10-17-4-3-13-29-24(17)31-19/h2,7-12,15,22H,1,3-6,13-14H2,(H,29,31)(H,32,33)(H,34,35)/t22-/m0/s1. The first-order chi connectivity index (χ1) is 16.9. The molecule has 1 atom stereocenters. The van der Waals surface area contributed by atoms with Crippen molar-refractivity contribution >= 4 is 29.3 Å². The van der Waals surface area contributed by atoms with Crippen LogP contribution in [0.5, 0.6) is 0 Å². The molecule has 0 aliphatic carbocycles. The van der Waals surface area contributed by atoms with E-state index in [0.717, 1.165) is 61.9 Å². The average molecular weight is 497 g/mol. The molecule has 7 nitrogen and oxygen atoms in total. The van der Waals surface area contributed by atoms with E-state index in [4.69, 9.17) is 16.6 Å². The number of carboxylic acid groups (broad SMARTS) is 1. The van der Waals surface area contributed by atoms with Crippen molar-refractivity contribution in [3.63, 3.8) is 0 Å². The van der Waals surface area contributed by atoms with E-state index in [1.54, 1.807) is 12.3 Å². The lowest BCUT2D eigenvalue weighted by atomic mass is 10.0. The number of halogens is 2. The number of hydrogen-bond donors (Lipinski definition) is 3. The molecule has 1 amide bonds. The van der Waals surface area contributed by atoms with Gasteiger partial charge in [-0.05, 0) is 67.5 Å². The SMILES string of the molecule is O=C(N[C@@H](Cc1ccc(CCCc2ccc3c(n2)NCCC3)nc1)C(=O)O)c1c(F)cccc1Cl. The summed E-state index contributed by atoms with van der Waals surface area (Å²) in [6.45, 7) is 0.961. The third kappa shape index (κ3) is 6.33. The summed E-state index contributed by atoms with van der Waals surface area (Å²) in [5.74, 6) is -1.93. The van der Waals surface area contributed by atoms with E-state index in [-0.39, 0.29) is 17.0 Å². The maximum atomic E-state index is 14.0. The van der Waals surface area contributed by atoms with Gasteiger partial charge < -0.3 is 15.7 Å². The van der Waals surface area contributed by atoms with E-state index >= 15 is 0 Å². The molecule has 35 heavy (non-hydrogen) atoms. The molecule has 1 aliphatic rings. The van der Waals surface area contributed by atoms with Crippen LogP contribution in [0.1, 0.15) is 45.7 Å². The van der Waals surface area contributed by atoms with Crippen LogP contribution in [0.2, 0.25) is 5.02 Å². The lowest BCUT2D eigenvalue weighted by Crippen LogP contribution is -2.42. The van der Waals surface area contributed by atoms with Gasteiger partial charge in [-0.3, -0.25) is 9.78 Å². The maximum absolute atomic E-state index is 14.0. The predicted molar refractivity (Wildman–Crippen MR) is 131 cm³/mol. The van der Waals surface area contributed by atoms with Gasteiger partial charge in [0.2, 0.25) is 0 Å². The van der Waals surface area contributed by atoms with Gasteiger partial charge in [0, 0.05) is 30.6 Å². The van der Waals surface area contributed by atoms with Crippen LogP contribution in [0.4, 0.5) is 10.2 Å². The Morgan fingerprint density at radius 3 is 2.69 bits per heavy atom. The first-order valence-corrected chi connectivity index (χ1v) is 11.9. The lowest BCUT2D eigenvalue weighted by Gasteiger charge is -2.17. The highest BCUT2D eigenvalue weighted by molar-refractivity contribution is 6.33. The van der Waals surface area contributed by atoms with Crippen LogP contribution >= 0.6 is 11.6 Å². The van der Waals surface area contributed by atoms with Crippen molar-refractivity contribution in [3.8, 4) is 0 Å². The smallest absolute Gasteiger partial charge is 0.326 e. The van der Waals surface area contributed by atoms with Gasteiger partial charge in [0.25, 0.3) is 5.91 Å². The minimum atomic E-state index is -1.26. The number of carbonyl (C=O) groups excluding carboxylic acids is 1. The number of pyridine rings is 2. The minimum absolute atomic E-state index is 0.00642. The molecule has 1 aliphatic heterocycles. The molecular weight excluding hydrogens is 471 g/mol. The molecule has 0 bridgehead atoms. The van der Waals surface area contributed by atoms with E-state index in [1.807, 2.05) is 6.07 Å². The fourth-order valence-corrected chi connectivity index (χ4v) is 4.31. The Morgan fingerprint density at radius 1 is 1.14 bits per heavy atom. The quantitative estimate of drug-likeness (QED) is 0.409. The van der Waals surface area contributed by atoms with Crippen LogP contribution in [0.15, 0.2) is 48.7 Å². The summed E-state index contributed by atoms with van der Waals surface area (Å²) >= 11 is 5.91. The van der Waals surface area contributed by atoms with Crippen LogP contribution < -0.4 is 10.6 Å². The van der Waals surface area contributed by atoms with Crippen molar-refractivity contribution in [3.05, 3.63) is 87.6 Å². The Bertz CT molecular complexity index is 1200.